The van der Waals surface area contributed by atoms with Gasteiger partial charge < -0.3 is 25.8 Å². The maximum atomic E-state index is 12.8. The van der Waals surface area contributed by atoms with Crippen LogP contribution in [-0.2, 0) is 6.42 Å². The highest BCUT2D eigenvalue weighted by Crippen LogP contribution is 2.34. The monoisotopic (exact) mass is 491 g/mol. The zero-order valence-electron chi connectivity index (χ0n) is 19.4. The molecule has 1 aromatic heterocycles. The molecule has 0 fully saturated rings. The Morgan fingerprint density at radius 3 is 2.40 bits per heavy atom. The molecule has 2 amide bonds. The van der Waals surface area contributed by atoms with Gasteiger partial charge in [0.15, 0.2) is 17.3 Å². The number of aromatic nitrogens is 2. The van der Waals surface area contributed by atoms with Crippen LogP contribution in [0, 0.1) is 0 Å². The highest BCUT2D eigenvalue weighted by molar-refractivity contribution is 6.30. The molecule has 4 aromatic rings. The van der Waals surface area contributed by atoms with E-state index in [-0.39, 0.29) is 6.03 Å². The van der Waals surface area contributed by atoms with E-state index in [1.807, 2.05) is 60.7 Å². The Morgan fingerprint density at radius 1 is 1.00 bits per heavy atom. The zero-order valence-corrected chi connectivity index (χ0v) is 20.2. The molecule has 8 nitrogen and oxygen atoms in total. The summed E-state index contributed by atoms with van der Waals surface area (Å²) in [4.78, 5) is 12.8. The molecule has 0 unspecified atom stereocenters. The highest BCUT2D eigenvalue weighted by Gasteiger charge is 2.20. The number of methoxy groups -OCH3 is 2. The van der Waals surface area contributed by atoms with E-state index in [9.17, 15) is 4.79 Å². The number of nitrogens with one attached hydrogen (secondary N) is 2. The van der Waals surface area contributed by atoms with Gasteiger partial charge in [0.25, 0.3) is 0 Å². The quantitative estimate of drug-likeness (QED) is 0.316. The predicted octanol–water partition coefficient (Wildman–Crippen LogP) is 5.16. The van der Waals surface area contributed by atoms with Gasteiger partial charge in [-0.2, -0.15) is 5.10 Å². The largest absolute Gasteiger partial charge is 0.493 e. The summed E-state index contributed by atoms with van der Waals surface area (Å²) in [7, 11) is 3.18. The van der Waals surface area contributed by atoms with Crippen molar-refractivity contribution in [3.05, 3.63) is 83.4 Å². The van der Waals surface area contributed by atoms with Crippen LogP contribution in [0.25, 0.3) is 16.9 Å². The second-order valence-corrected chi connectivity index (χ2v) is 8.12. The SMILES string of the molecule is COc1ccc(CCNC(=O)Nc2c(-c3ccccc3)nn(-c3ccc(Cl)cc3)c2N)cc1OC. The first-order valence-corrected chi connectivity index (χ1v) is 11.3. The normalized spacial score (nSPS) is 10.6. The fraction of sp³-hybridized carbons (Fsp3) is 0.154. The van der Waals surface area contributed by atoms with Crippen molar-refractivity contribution < 1.29 is 14.3 Å². The third-order valence-corrected chi connectivity index (χ3v) is 5.68. The van der Waals surface area contributed by atoms with E-state index in [2.05, 4.69) is 15.7 Å². The molecule has 0 aliphatic rings. The third-order valence-electron chi connectivity index (χ3n) is 5.43. The van der Waals surface area contributed by atoms with E-state index < -0.39 is 0 Å². The summed E-state index contributed by atoms with van der Waals surface area (Å²) in [5.41, 5.74) is 9.98. The van der Waals surface area contributed by atoms with E-state index in [4.69, 9.17) is 26.8 Å². The number of urea groups is 1. The predicted molar refractivity (Wildman–Crippen MR) is 139 cm³/mol. The zero-order chi connectivity index (χ0) is 24.8. The summed E-state index contributed by atoms with van der Waals surface area (Å²) in [6, 6.07) is 22.0. The lowest BCUT2D eigenvalue weighted by Crippen LogP contribution is -2.30. The molecule has 0 atom stereocenters. The minimum Gasteiger partial charge on any atom is -0.493 e. The minimum absolute atomic E-state index is 0.307. The lowest BCUT2D eigenvalue weighted by atomic mass is 10.1. The van der Waals surface area contributed by atoms with Gasteiger partial charge in [0.05, 0.1) is 19.9 Å². The van der Waals surface area contributed by atoms with Crippen molar-refractivity contribution in [2.75, 3.05) is 31.8 Å². The molecule has 0 spiro atoms. The maximum absolute atomic E-state index is 12.8. The van der Waals surface area contributed by atoms with Crippen molar-refractivity contribution in [3.8, 4) is 28.4 Å². The van der Waals surface area contributed by atoms with Gasteiger partial charge in [-0.1, -0.05) is 48.0 Å². The average molecular weight is 492 g/mol. The summed E-state index contributed by atoms with van der Waals surface area (Å²) < 4.78 is 12.2. The van der Waals surface area contributed by atoms with Crippen LogP contribution in [0.4, 0.5) is 16.3 Å². The van der Waals surface area contributed by atoms with Crippen molar-refractivity contribution in [2.45, 2.75) is 6.42 Å². The van der Waals surface area contributed by atoms with Crippen molar-refractivity contribution in [1.29, 1.82) is 0 Å². The summed E-state index contributed by atoms with van der Waals surface area (Å²) in [6.45, 7) is 0.410. The fourth-order valence-electron chi connectivity index (χ4n) is 3.65. The Bertz CT molecular complexity index is 1310. The number of benzene rings is 3. The molecule has 4 N–H and O–H groups in total. The fourth-order valence-corrected chi connectivity index (χ4v) is 3.77. The van der Waals surface area contributed by atoms with Gasteiger partial charge in [0, 0.05) is 17.1 Å². The molecular weight excluding hydrogens is 466 g/mol. The van der Waals surface area contributed by atoms with Crippen LogP contribution in [0.2, 0.25) is 5.02 Å². The molecule has 0 saturated heterocycles. The summed E-state index contributed by atoms with van der Waals surface area (Å²) in [5, 5.41) is 11.0. The maximum Gasteiger partial charge on any atom is 0.319 e. The summed E-state index contributed by atoms with van der Waals surface area (Å²) in [5.74, 6) is 1.61. The molecule has 0 saturated carbocycles. The number of amides is 2. The molecule has 0 bridgehead atoms. The number of carbonyl (C=O) groups excluding carboxylic acids is 1. The summed E-state index contributed by atoms with van der Waals surface area (Å²) >= 11 is 6.03. The van der Waals surface area contributed by atoms with E-state index in [0.29, 0.717) is 46.7 Å². The van der Waals surface area contributed by atoms with Crippen LogP contribution in [0.5, 0.6) is 11.5 Å². The van der Waals surface area contributed by atoms with Crippen LogP contribution < -0.4 is 25.8 Å². The van der Waals surface area contributed by atoms with E-state index >= 15 is 0 Å². The van der Waals surface area contributed by atoms with Crippen molar-refractivity contribution in [2.24, 2.45) is 0 Å². The Kier molecular flexibility index (Phi) is 7.42. The van der Waals surface area contributed by atoms with Gasteiger partial charge in [-0.25, -0.2) is 9.48 Å². The first kappa shape index (κ1) is 24.0. The van der Waals surface area contributed by atoms with Crippen LogP contribution >= 0.6 is 11.6 Å². The smallest absolute Gasteiger partial charge is 0.319 e. The van der Waals surface area contributed by atoms with Gasteiger partial charge >= 0.3 is 6.03 Å². The number of nitrogens with zero attached hydrogens (tertiary/aromatic N) is 2. The lowest BCUT2D eigenvalue weighted by Gasteiger charge is -2.11. The number of nitrogens with two attached hydrogens (primary N) is 1. The standard InChI is InChI=1S/C26H26ClN5O3/c1-34-21-13-8-17(16-22(21)35-2)14-15-29-26(33)30-24-23(18-6-4-3-5-7-18)31-32(25(24)28)20-11-9-19(27)10-12-20/h3-13,16H,14-15,28H2,1-2H3,(H2,29,30,33). The number of halogens is 1. The van der Waals surface area contributed by atoms with Gasteiger partial charge in [0.2, 0.25) is 0 Å². The number of anilines is 2. The average Bonchev–Trinajstić information content (AvgIpc) is 3.20. The van der Waals surface area contributed by atoms with Crippen molar-refractivity contribution in [1.82, 2.24) is 15.1 Å². The third kappa shape index (κ3) is 5.50. The van der Waals surface area contributed by atoms with E-state index in [1.165, 1.54) is 0 Å². The molecule has 9 heteroatoms. The number of hydrogen-bond donors (Lipinski definition) is 3. The number of ether oxygens (including phenoxy) is 2. The van der Waals surface area contributed by atoms with Crippen molar-refractivity contribution in [3.63, 3.8) is 0 Å². The number of hydrogen-bond acceptors (Lipinski definition) is 5. The first-order valence-electron chi connectivity index (χ1n) is 11.0. The van der Waals surface area contributed by atoms with Crippen LogP contribution in [-0.4, -0.2) is 36.6 Å². The molecule has 0 radical (unpaired) electrons. The number of carbonyl (C=O) groups is 1. The molecule has 4 rings (SSSR count). The molecule has 0 aliphatic heterocycles. The number of nitrogen functional groups attached to an aromatic ring is 1. The molecule has 1 heterocycles. The van der Waals surface area contributed by atoms with Gasteiger partial charge in [-0.05, 0) is 48.4 Å². The van der Waals surface area contributed by atoms with Crippen LogP contribution in [0.15, 0.2) is 72.8 Å². The summed E-state index contributed by atoms with van der Waals surface area (Å²) in [6.07, 6.45) is 0.610. The lowest BCUT2D eigenvalue weighted by molar-refractivity contribution is 0.252. The molecule has 180 valence electrons. The van der Waals surface area contributed by atoms with Crippen molar-refractivity contribution >= 4 is 29.1 Å². The van der Waals surface area contributed by atoms with Gasteiger partial charge in [0.1, 0.15) is 11.4 Å². The van der Waals surface area contributed by atoms with Crippen LogP contribution in [0.1, 0.15) is 5.56 Å². The van der Waals surface area contributed by atoms with Crippen LogP contribution in [0.3, 0.4) is 0 Å². The number of rotatable bonds is 8. The Morgan fingerprint density at radius 2 is 1.71 bits per heavy atom. The highest BCUT2D eigenvalue weighted by atomic mass is 35.5. The molecule has 0 aliphatic carbocycles. The molecule has 3 aromatic carbocycles. The molecular formula is C26H26ClN5O3. The topological polar surface area (TPSA) is 103 Å². The Labute approximate surface area is 208 Å². The van der Waals surface area contributed by atoms with Gasteiger partial charge in [-0.3, -0.25) is 0 Å². The minimum atomic E-state index is -0.384. The van der Waals surface area contributed by atoms with E-state index in [0.717, 1.165) is 16.8 Å². The Balaban J connectivity index is 1.51. The van der Waals surface area contributed by atoms with E-state index in [1.54, 1.807) is 31.0 Å². The second-order valence-electron chi connectivity index (χ2n) is 7.68. The van der Waals surface area contributed by atoms with Gasteiger partial charge in [-0.15, -0.1) is 0 Å². The second kappa shape index (κ2) is 10.8. The Hall–Kier alpha value is -4.17. The molecule has 35 heavy (non-hydrogen) atoms. The first-order chi connectivity index (χ1) is 17.0.